The van der Waals surface area contributed by atoms with Crippen LogP contribution >= 0.6 is 0 Å². The topological polar surface area (TPSA) is 110 Å². The van der Waals surface area contributed by atoms with E-state index in [-0.39, 0.29) is 17.2 Å². The zero-order valence-electron chi connectivity index (χ0n) is 15.2. The van der Waals surface area contributed by atoms with Crippen LogP contribution in [0.2, 0.25) is 0 Å². The van der Waals surface area contributed by atoms with Crippen LogP contribution in [0.15, 0.2) is 64.2 Å². The van der Waals surface area contributed by atoms with E-state index < -0.39 is 35.6 Å². The molecular formula is C20H19N3O5. The number of methoxy groups -OCH3 is 1. The predicted octanol–water partition coefficient (Wildman–Crippen LogP) is 0.590. The molecule has 0 fully saturated rings. The Hall–Kier alpha value is -3.68. The minimum Gasteiger partial charge on any atom is -0.467 e. The van der Waals surface area contributed by atoms with Crippen molar-refractivity contribution in [3.8, 4) is 0 Å². The number of aromatic nitrogens is 2. The summed E-state index contributed by atoms with van der Waals surface area (Å²) in [6.07, 6.45) is 0.238. The van der Waals surface area contributed by atoms with Gasteiger partial charge in [-0.1, -0.05) is 42.5 Å². The quantitative estimate of drug-likeness (QED) is 0.607. The lowest BCUT2D eigenvalue weighted by molar-refractivity contribution is -0.145. The fourth-order valence-electron chi connectivity index (χ4n) is 2.93. The van der Waals surface area contributed by atoms with E-state index in [9.17, 15) is 19.2 Å². The highest BCUT2D eigenvalue weighted by atomic mass is 16.5. The van der Waals surface area contributed by atoms with Gasteiger partial charge in [-0.05, 0) is 17.7 Å². The SMILES string of the molecule is COC(=O)[C@H](Cc1ccccc1)NC(=O)Cn1[nH]c(=O)c2ccccc2c1=O. The summed E-state index contributed by atoms with van der Waals surface area (Å²) in [6.45, 7) is -0.429. The molecule has 3 rings (SSSR count). The Balaban J connectivity index is 1.80. The molecule has 0 unspecified atom stereocenters. The van der Waals surface area contributed by atoms with Crippen LogP contribution < -0.4 is 16.4 Å². The van der Waals surface area contributed by atoms with Crippen LogP contribution in [0.3, 0.4) is 0 Å². The number of H-pyrrole nitrogens is 1. The summed E-state index contributed by atoms with van der Waals surface area (Å²) < 4.78 is 5.68. The molecule has 0 saturated carbocycles. The van der Waals surface area contributed by atoms with Crippen molar-refractivity contribution in [1.82, 2.24) is 15.1 Å². The van der Waals surface area contributed by atoms with Crippen molar-refractivity contribution in [2.75, 3.05) is 7.11 Å². The van der Waals surface area contributed by atoms with Crippen LogP contribution in [0, 0.1) is 0 Å². The van der Waals surface area contributed by atoms with Gasteiger partial charge in [0.05, 0.1) is 17.9 Å². The van der Waals surface area contributed by atoms with Crippen molar-refractivity contribution in [3.05, 3.63) is 80.9 Å². The van der Waals surface area contributed by atoms with Crippen LogP contribution in [-0.4, -0.2) is 34.8 Å². The van der Waals surface area contributed by atoms with E-state index in [0.29, 0.717) is 0 Å². The number of carbonyl (C=O) groups excluding carboxylic acids is 2. The molecule has 8 nitrogen and oxygen atoms in total. The van der Waals surface area contributed by atoms with E-state index in [2.05, 4.69) is 10.4 Å². The molecule has 0 spiro atoms. The van der Waals surface area contributed by atoms with E-state index in [4.69, 9.17) is 4.74 Å². The minimum absolute atomic E-state index is 0.216. The molecule has 0 aliphatic carbocycles. The molecule has 8 heteroatoms. The van der Waals surface area contributed by atoms with Gasteiger partial charge in [-0.3, -0.25) is 19.5 Å². The van der Waals surface area contributed by atoms with Gasteiger partial charge in [0.15, 0.2) is 0 Å². The number of hydrogen-bond acceptors (Lipinski definition) is 5. The molecule has 28 heavy (non-hydrogen) atoms. The van der Waals surface area contributed by atoms with Crippen LogP contribution in [0.25, 0.3) is 10.8 Å². The fourth-order valence-corrected chi connectivity index (χ4v) is 2.93. The third kappa shape index (κ3) is 4.17. The Kier molecular flexibility index (Phi) is 5.69. The van der Waals surface area contributed by atoms with Gasteiger partial charge in [-0.2, -0.15) is 0 Å². The third-order valence-corrected chi connectivity index (χ3v) is 4.29. The molecule has 2 aromatic carbocycles. The first-order valence-electron chi connectivity index (χ1n) is 8.62. The largest absolute Gasteiger partial charge is 0.467 e. The van der Waals surface area contributed by atoms with Crippen molar-refractivity contribution >= 4 is 22.6 Å². The average Bonchev–Trinajstić information content (AvgIpc) is 2.71. The number of benzene rings is 2. The van der Waals surface area contributed by atoms with Crippen molar-refractivity contribution in [1.29, 1.82) is 0 Å². The summed E-state index contributed by atoms with van der Waals surface area (Å²) in [5.41, 5.74) is -0.130. The van der Waals surface area contributed by atoms with Crippen molar-refractivity contribution in [2.24, 2.45) is 0 Å². The Morgan fingerprint density at radius 2 is 1.68 bits per heavy atom. The zero-order valence-corrected chi connectivity index (χ0v) is 15.2. The number of rotatable bonds is 6. The number of esters is 1. The molecule has 1 heterocycles. The lowest BCUT2D eigenvalue weighted by atomic mass is 10.1. The molecule has 0 radical (unpaired) electrons. The molecule has 0 aliphatic heterocycles. The van der Waals surface area contributed by atoms with Crippen LogP contribution in [-0.2, 0) is 27.3 Å². The highest BCUT2D eigenvalue weighted by Crippen LogP contribution is 2.05. The van der Waals surface area contributed by atoms with E-state index in [1.807, 2.05) is 30.3 Å². The van der Waals surface area contributed by atoms with Gasteiger partial charge in [-0.15, -0.1) is 0 Å². The molecule has 144 valence electrons. The maximum Gasteiger partial charge on any atom is 0.328 e. The van der Waals surface area contributed by atoms with Gasteiger partial charge >= 0.3 is 5.97 Å². The molecule has 1 atom stereocenters. The lowest BCUT2D eigenvalue weighted by Crippen LogP contribution is -2.46. The second-order valence-corrected chi connectivity index (χ2v) is 6.21. The van der Waals surface area contributed by atoms with Crippen LogP contribution in [0.5, 0.6) is 0 Å². The normalized spacial score (nSPS) is 11.8. The Morgan fingerprint density at radius 3 is 2.36 bits per heavy atom. The van der Waals surface area contributed by atoms with Crippen molar-refractivity contribution in [3.63, 3.8) is 0 Å². The minimum atomic E-state index is -0.914. The van der Waals surface area contributed by atoms with Gasteiger partial charge < -0.3 is 10.1 Å². The Morgan fingerprint density at radius 1 is 1.04 bits per heavy atom. The van der Waals surface area contributed by atoms with E-state index in [1.165, 1.54) is 19.2 Å². The van der Waals surface area contributed by atoms with E-state index in [1.54, 1.807) is 12.1 Å². The maximum absolute atomic E-state index is 12.5. The number of carbonyl (C=O) groups is 2. The smallest absolute Gasteiger partial charge is 0.328 e. The molecule has 1 amide bonds. The highest BCUT2D eigenvalue weighted by molar-refractivity contribution is 5.85. The molecule has 3 aromatic rings. The second kappa shape index (κ2) is 8.34. The Labute approximate surface area is 159 Å². The number of fused-ring (bicyclic) bond motifs is 1. The predicted molar refractivity (Wildman–Crippen MR) is 103 cm³/mol. The number of aromatic amines is 1. The first-order valence-corrected chi connectivity index (χ1v) is 8.62. The fraction of sp³-hybridized carbons (Fsp3) is 0.200. The summed E-state index contributed by atoms with van der Waals surface area (Å²) in [5, 5.41) is 5.42. The molecule has 0 aliphatic rings. The van der Waals surface area contributed by atoms with Gasteiger partial charge in [0.2, 0.25) is 5.91 Å². The molecule has 2 N–H and O–H groups in total. The van der Waals surface area contributed by atoms with Gasteiger partial charge in [0.25, 0.3) is 11.1 Å². The first kappa shape index (κ1) is 19.1. The first-order chi connectivity index (χ1) is 13.5. The van der Waals surface area contributed by atoms with Gasteiger partial charge in [0.1, 0.15) is 12.6 Å². The molecule has 0 saturated heterocycles. The summed E-state index contributed by atoms with van der Waals surface area (Å²) in [4.78, 5) is 49.1. The summed E-state index contributed by atoms with van der Waals surface area (Å²) >= 11 is 0. The number of nitrogens with one attached hydrogen (secondary N) is 2. The summed E-state index contributed by atoms with van der Waals surface area (Å²) in [6, 6.07) is 14.6. The second-order valence-electron chi connectivity index (χ2n) is 6.21. The van der Waals surface area contributed by atoms with Crippen LogP contribution in [0.4, 0.5) is 0 Å². The van der Waals surface area contributed by atoms with Crippen LogP contribution in [0.1, 0.15) is 5.56 Å². The van der Waals surface area contributed by atoms with E-state index in [0.717, 1.165) is 10.2 Å². The zero-order chi connectivity index (χ0) is 20.1. The molecule has 1 aromatic heterocycles. The monoisotopic (exact) mass is 381 g/mol. The lowest BCUT2D eigenvalue weighted by Gasteiger charge is -2.17. The third-order valence-electron chi connectivity index (χ3n) is 4.29. The highest BCUT2D eigenvalue weighted by Gasteiger charge is 2.22. The Bertz CT molecular complexity index is 1120. The number of hydrogen-bond donors (Lipinski definition) is 2. The average molecular weight is 381 g/mol. The number of ether oxygens (including phenoxy) is 1. The summed E-state index contributed by atoms with van der Waals surface area (Å²) in [7, 11) is 1.23. The van der Waals surface area contributed by atoms with Gasteiger partial charge in [0, 0.05) is 6.42 Å². The van der Waals surface area contributed by atoms with E-state index >= 15 is 0 Å². The standard InChI is InChI=1S/C20H19N3O5/c1-28-20(27)16(11-13-7-3-2-4-8-13)21-17(24)12-23-19(26)15-10-6-5-9-14(15)18(25)22-23/h2-10,16H,11-12H2,1H3,(H,21,24)(H,22,25)/t16-/m0/s1. The van der Waals surface area contributed by atoms with Crippen molar-refractivity contribution in [2.45, 2.75) is 19.0 Å². The van der Waals surface area contributed by atoms with Gasteiger partial charge in [-0.25, -0.2) is 9.48 Å². The number of amides is 1. The molecular weight excluding hydrogens is 362 g/mol. The summed E-state index contributed by atoms with van der Waals surface area (Å²) in [5.74, 6) is -1.20. The maximum atomic E-state index is 12.5. The number of nitrogens with zero attached hydrogens (tertiary/aromatic N) is 1. The van der Waals surface area contributed by atoms with Crippen molar-refractivity contribution < 1.29 is 14.3 Å². The molecule has 0 bridgehead atoms.